The van der Waals surface area contributed by atoms with Crippen molar-refractivity contribution in [2.24, 2.45) is 11.8 Å². The van der Waals surface area contributed by atoms with Crippen molar-refractivity contribution in [2.45, 2.75) is 32.7 Å². The Hall–Kier alpha value is -0.220. The molecule has 1 aliphatic heterocycles. The molecule has 0 spiro atoms. The summed E-state index contributed by atoms with van der Waals surface area (Å²) in [7, 11) is 2.06. The molecule has 2 unspecified atom stereocenters. The van der Waals surface area contributed by atoms with Crippen LogP contribution in [0.15, 0.2) is 0 Å². The molecule has 0 aromatic carbocycles. The third-order valence-electron chi connectivity index (χ3n) is 3.17. The minimum absolute atomic E-state index is 0.177. The van der Waals surface area contributed by atoms with E-state index in [0.29, 0.717) is 11.8 Å². The molecular weight excluding hydrogens is 198 g/mol. The molecule has 2 nitrogen and oxygen atoms in total. The number of nitrogens with zero attached hydrogens (tertiary/aromatic N) is 1. The van der Waals surface area contributed by atoms with Gasteiger partial charge in [-0.2, -0.15) is 0 Å². The van der Waals surface area contributed by atoms with Gasteiger partial charge in [0.15, 0.2) is 0 Å². The predicted molar refractivity (Wildman–Crippen MR) is 58.2 cm³/mol. The van der Waals surface area contributed by atoms with E-state index in [1.165, 1.54) is 0 Å². The van der Waals surface area contributed by atoms with Crippen molar-refractivity contribution in [3.63, 3.8) is 0 Å². The fourth-order valence-corrected chi connectivity index (χ4v) is 2.25. The lowest BCUT2D eigenvalue weighted by Crippen LogP contribution is -2.49. The normalized spacial score (nSPS) is 29.0. The number of piperidine rings is 1. The van der Waals surface area contributed by atoms with Gasteiger partial charge in [-0.15, -0.1) is 0 Å². The number of hydrogen-bond acceptors (Lipinski definition) is 2. The molecule has 0 aliphatic carbocycles. The van der Waals surface area contributed by atoms with Crippen LogP contribution in [0.25, 0.3) is 0 Å². The zero-order valence-corrected chi connectivity index (χ0v) is 9.84. The summed E-state index contributed by atoms with van der Waals surface area (Å²) < 4.78 is 24.1. The molecule has 1 heterocycles. The van der Waals surface area contributed by atoms with E-state index in [1.54, 1.807) is 0 Å². The van der Waals surface area contributed by atoms with Crippen LogP contribution in [0.2, 0.25) is 0 Å². The number of likely N-dealkylation sites (tertiary alicyclic amines) is 1. The Kier molecular flexibility index (Phi) is 4.93. The van der Waals surface area contributed by atoms with Gasteiger partial charge in [0.25, 0.3) is 6.43 Å². The largest absolute Gasteiger partial charge is 0.307 e. The highest BCUT2D eigenvalue weighted by atomic mass is 19.3. The van der Waals surface area contributed by atoms with Gasteiger partial charge in [0.2, 0.25) is 0 Å². The Labute approximate surface area is 91.0 Å². The van der Waals surface area contributed by atoms with Crippen LogP contribution in [0.4, 0.5) is 8.78 Å². The van der Waals surface area contributed by atoms with E-state index in [4.69, 9.17) is 0 Å². The van der Waals surface area contributed by atoms with Gasteiger partial charge < -0.3 is 10.2 Å². The molecule has 0 saturated carbocycles. The zero-order valence-electron chi connectivity index (χ0n) is 9.84. The fourth-order valence-electron chi connectivity index (χ4n) is 2.25. The fraction of sp³-hybridized carbons (Fsp3) is 1.00. The first-order chi connectivity index (χ1) is 6.99. The van der Waals surface area contributed by atoms with Gasteiger partial charge in [-0.25, -0.2) is 8.78 Å². The molecule has 0 amide bonds. The van der Waals surface area contributed by atoms with Gasteiger partial charge in [-0.3, -0.25) is 0 Å². The molecule has 0 aromatic heterocycles. The quantitative estimate of drug-likeness (QED) is 0.777. The molecule has 4 heteroatoms. The maximum Gasteiger partial charge on any atom is 0.250 e. The van der Waals surface area contributed by atoms with Gasteiger partial charge in [-0.05, 0) is 25.3 Å². The summed E-state index contributed by atoms with van der Waals surface area (Å²) >= 11 is 0. The van der Waals surface area contributed by atoms with Crippen LogP contribution in [-0.4, -0.2) is 44.0 Å². The molecule has 15 heavy (non-hydrogen) atoms. The van der Waals surface area contributed by atoms with Crippen LogP contribution >= 0.6 is 0 Å². The Morgan fingerprint density at radius 2 is 2.00 bits per heavy atom. The average molecular weight is 220 g/mol. The smallest absolute Gasteiger partial charge is 0.250 e. The second-order valence-corrected chi connectivity index (χ2v) is 4.96. The van der Waals surface area contributed by atoms with Gasteiger partial charge in [0.05, 0.1) is 6.54 Å². The van der Waals surface area contributed by atoms with Gasteiger partial charge in [-0.1, -0.05) is 13.8 Å². The summed E-state index contributed by atoms with van der Waals surface area (Å²) in [5, 5.41) is 2.94. The van der Waals surface area contributed by atoms with Crippen molar-refractivity contribution in [2.75, 3.05) is 26.7 Å². The van der Waals surface area contributed by atoms with Crippen molar-refractivity contribution in [3.05, 3.63) is 0 Å². The summed E-state index contributed by atoms with van der Waals surface area (Å²) in [5.74, 6) is 1.25. The van der Waals surface area contributed by atoms with Gasteiger partial charge in [0.1, 0.15) is 0 Å². The summed E-state index contributed by atoms with van der Waals surface area (Å²) in [6.45, 7) is 6.20. The van der Waals surface area contributed by atoms with Crippen LogP contribution in [0.5, 0.6) is 0 Å². The minimum atomic E-state index is -2.24. The Bertz CT molecular complexity index is 185. The van der Waals surface area contributed by atoms with E-state index in [2.05, 4.69) is 31.1 Å². The second kappa shape index (κ2) is 5.75. The Morgan fingerprint density at radius 3 is 2.53 bits per heavy atom. The van der Waals surface area contributed by atoms with E-state index in [0.717, 1.165) is 19.5 Å². The molecule has 1 aliphatic rings. The summed E-state index contributed by atoms with van der Waals surface area (Å²) in [6.07, 6.45) is -1.22. The molecule has 1 fully saturated rings. The van der Waals surface area contributed by atoms with Crippen molar-refractivity contribution in [1.82, 2.24) is 10.2 Å². The van der Waals surface area contributed by atoms with E-state index >= 15 is 0 Å². The SMILES string of the molecule is CC(C)C1CC(NCC(F)F)CN(C)C1. The lowest BCUT2D eigenvalue weighted by molar-refractivity contribution is 0.108. The Balaban J connectivity index is 2.37. The number of rotatable bonds is 4. The van der Waals surface area contributed by atoms with E-state index in [-0.39, 0.29) is 12.6 Å². The molecular formula is C11H22F2N2. The summed E-state index contributed by atoms with van der Waals surface area (Å²) in [5.41, 5.74) is 0. The summed E-state index contributed by atoms with van der Waals surface area (Å²) in [6, 6.07) is 0.227. The molecule has 90 valence electrons. The molecule has 0 radical (unpaired) electrons. The number of halogens is 2. The van der Waals surface area contributed by atoms with Gasteiger partial charge >= 0.3 is 0 Å². The maximum absolute atomic E-state index is 12.1. The highest BCUT2D eigenvalue weighted by Crippen LogP contribution is 2.22. The van der Waals surface area contributed by atoms with Crippen molar-refractivity contribution < 1.29 is 8.78 Å². The number of nitrogens with one attached hydrogen (secondary N) is 1. The number of likely N-dealkylation sites (N-methyl/N-ethyl adjacent to an activating group) is 1. The highest BCUT2D eigenvalue weighted by molar-refractivity contribution is 4.83. The van der Waals surface area contributed by atoms with Crippen molar-refractivity contribution in [1.29, 1.82) is 0 Å². The highest BCUT2D eigenvalue weighted by Gasteiger charge is 2.27. The zero-order chi connectivity index (χ0) is 11.4. The van der Waals surface area contributed by atoms with Crippen LogP contribution < -0.4 is 5.32 Å². The number of hydrogen-bond donors (Lipinski definition) is 1. The lowest BCUT2D eigenvalue weighted by Gasteiger charge is -2.38. The molecule has 2 atom stereocenters. The first-order valence-corrected chi connectivity index (χ1v) is 5.69. The lowest BCUT2D eigenvalue weighted by atomic mass is 9.86. The maximum atomic E-state index is 12.1. The van der Waals surface area contributed by atoms with Crippen LogP contribution in [0.1, 0.15) is 20.3 Å². The third-order valence-corrected chi connectivity index (χ3v) is 3.17. The number of alkyl halides is 2. The molecule has 0 bridgehead atoms. The molecule has 0 aromatic rings. The van der Waals surface area contributed by atoms with E-state index < -0.39 is 6.43 Å². The monoisotopic (exact) mass is 220 g/mol. The van der Waals surface area contributed by atoms with Crippen LogP contribution in [0, 0.1) is 11.8 Å². The first kappa shape index (κ1) is 12.8. The van der Waals surface area contributed by atoms with Crippen LogP contribution in [0.3, 0.4) is 0 Å². The Morgan fingerprint density at radius 1 is 1.33 bits per heavy atom. The topological polar surface area (TPSA) is 15.3 Å². The van der Waals surface area contributed by atoms with Crippen LogP contribution in [-0.2, 0) is 0 Å². The minimum Gasteiger partial charge on any atom is -0.307 e. The standard InChI is InChI=1S/C11H22F2N2/c1-8(2)9-4-10(7-15(3)6-9)14-5-11(12)13/h8-11,14H,4-7H2,1-3H3. The third kappa shape index (κ3) is 4.43. The molecule has 1 rings (SSSR count). The first-order valence-electron chi connectivity index (χ1n) is 5.69. The summed E-state index contributed by atoms with van der Waals surface area (Å²) in [4.78, 5) is 2.23. The second-order valence-electron chi connectivity index (χ2n) is 4.96. The van der Waals surface area contributed by atoms with Crippen molar-refractivity contribution >= 4 is 0 Å². The van der Waals surface area contributed by atoms with Crippen molar-refractivity contribution in [3.8, 4) is 0 Å². The van der Waals surface area contributed by atoms with Gasteiger partial charge in [0, 0.05) is 19.1 Å². The van der Waals surface area contributed by atoms with E-state index in [9.17, 15) is 8.78 Å². The van der Waals surface area contributed by atoms with E-state index in [1.807, 2.05) is 0 Å². The predicted octanol–water partition coefficient (Wildman–Crippen LogP) is 1.82. The molecule has 1 saturated heterocycles. The molecule has 1 N–H and O–H groups in total. The average Bonchev–Trinajstić information content (AvgIpc) is 2.13.